The summed E-state index contributed by atoms with van der Waals surface area (Å²) in [6.07, 6.45) is 1.18. The molecule has 5 heteroatoms. The lowest BCUT2D eigenvalue weighted by atomic mass is 10.1. The molecule has 0 spiro atoms. The third-order valence-corrected chi connectivity index (χ3v) is 3.42. The number of benzene rings is 1. The average molecular weight is 270 g/mol. The Labute approximate surface area is 110 Å². The Morgan fingerprint density at radius 1 is 1.56 bits per heavy atom. The maximum atomic E-state index is 13.6. The van der Waals surface area contributed by atoms with Gasteiger partial charge in [-0.15, -0.1) is 0 Å². The maximum absolute atomic E-state index is 13.6. The highest BCUT2D eigenvalue weighted by Crippen LogP contribution is 2.24. The second-order valence-corrected chi connectivity index (χ2v) is 4.85. The third-order valence-electron chi connectivity index (χ3n) is 3.19. The highest BCUT2D eigenvalue weighted by atomic mass is 35.5. The first-order chi connectivity index (χ1) is 8.52. The van der Waals surface area contributed by atoms with Gasteiger partial charge >= 0.3 is 0 Å². The lowest BCUT2D eigenvalue weighted by Gasteiger charge is -2.15. The van der Waals surface area contributed by atoms with Crippen molar-refractivity contribution in [2.45, 2.75) is 19.8 Å². The van der Waals surface area contributed by atoms with Crippen molar-refractivity contribution in [2.75, 3.05) is 6.54 Å². The van der Waals surface area contributed by atoms with Crippen LogP contribution in [-0.4, -0.2) is 23.3 Å². The van der Waals surface area contributed by atoms with Crippen molar-refractivity contribution < 1.29 is 14.0 Å². The summed E-state index contributed by atoms with van der Waals surface area (Å²) in [5, 5.41) is 0.276. The molecule has 1 aliphatic heterocycles. The number of carbonyl (C=O) groups excluding carboxylic acids is 2. The predicted octanol–water partition coefficient (Wildman–Crippen LogP) is 2.88. The van der Waals surface area contributed by atoms with E-state index in [1.165, 1.54) is 12.1 Å². The Bertz CT molecular complexity index is 504. The summed E-state index contributed by atoms with van der Waals surface area (Å²) in [7, 11) is 0. The van der Waals surface area contributed by atoms with Crippen LogP contribution in [0.25, 0.3) is 0 Å². The topological polar surface area (TPSA) is 37.4 Å². The van der Waals surface area contributed by atoms with Crippen LogP contribution in [0.3, 0.4) is 0 Å². The standard InChI is InChI=1S/C13H13ClFNO2/c1-2-8-5-12(17)16(7-8)13(18)10-6-9(14)3-4-11(10)15/h3-4,6,8H,2,5,7H2,1H3. The summed E-state index contributed by atoms with van der Waals surface area (Å²) in [6, 6.07) is 3.76. The van der Waals surface area contributed by atoms with Gasteiger partial charge in [0.25, 0.3) is 5.91 Å². The van der Waals surface area contributed by atoms with Gasteiger partial charge in [-0.2, -0.15) is 0 Å². The molecule has 96 valence electrons. The smallest absolute Gasteiger partial charge is 0.263 e. The molecular formula is C13H13ClFNO2. The van der Waals surface area contributed by atoms with Crippen LogP contribution in [0.5, 0.6) is 0 Å². The minimum Gasteiger partial charge on any atom is -0.278 e. The van der Waals surface area contributed by atoms with Gasteiger partial charge in [-0.25, -0.2) is 4.39 Å². The van der Waals surface area contributed by atoms with Crippen LogP contribution in [0, 0.1) is 11.7 Å². The molecule has 1 atom stereocenters. The van der Waals surface area contributed by atoms with E-state index in [2.05, 4.69) is 0 Å². The summed E-state index contributed by atoms with van der Waals surface area (Å²) in [4.78, 5) is 24.9. The molecule has 18 heavy (non-hydrogen) atoms. The number of likely N-dealkylation sites (tertiary alicyclic amines) is 1. The molecule has 0 radical (unpaired) electrons. The number of amides is 2. The molecule has 2 amide bonds. The van der Waals surface area contributed by atoms with Crippen LogP contribution in [0.15, 0.2) is 18.2 Å². The fourth-order valence-electron chi connectivity index (χ4n) is 2.06. The Balaban J connectivity index is 2.26. The van der Waals surface area contributed by atoms with E-state index in [-0.39, 0.29) is 22.4 Å². The molecule has 1 unspecified atom stereocenters. The van der Waals surface area contributed by atoms with E-state index < -0.39 is 11.7 Å². The zero-order valence-corrected chi connectivity index (χ0v) is 10.7. The van der Waals surface area contributed by atoms with Crippen LogP contribution in [0.2, 0.25) is 5.02 Å². The first-order valence-electron chi connectivity index (χ1n) is 5.82. The van der Waals surface area contributed by atoms with Gasteiger partial charge in [0.15, 0.2) is 0 Å². The van der Waals surface area contributed by atoms with Crippen LogP contribution < -0.4 is 0 Å². The van der Waals surface area contributed by atoms with Gasteiger partial charge in [0, 0.05) is 18.0 Å². The van der Waals surface area contributed by atoms with E-state index >= 15 is 0 Å². The van der Waals surface area contributed by atoms with E-state index in [1.807, 2.05) is 6.92 Å². The first-order valence-corrected chi connectivity index (χ1v) is 6.20. The Hall–Kier alpha value is -1.42. The fourth-order valence-corrected chi connectivity index (χ4v) is 2.23. The second-order valence-electron chi connectivity index (χ2n) is 4.41. The third kappa shape index (κ3) is 2.38. The lowest BCUT2D eigenvalue weighted by Crippen LogP contribution is -2.33. The molecule has 1 aromatic carbocycles. The molecule has 1 aliphatic rings. The molecule has 0 saturated carbocycles. The van der Waals surface area contributed by atoms with Gasteiger partial charge in [-0.1, -0.05) is 24.9 Å². The maximum Gasteiger partial charge on any atom is 0.263 e. The highest BCUT2D eigenvalue weighted by Gasteiger charge is 2.34. The molecule has 0 bridgehead atoms. The first kappa shape index (κ1) is 13.0. The van der Waals surface area contributed by atoms with E-state index in [0.29, 0.717) is 13.0 Å². The number of nitrogens with zero attached hydrogens (tertiary/aromatic N) is 1. The van der Waals surface area contributed by atoms with E-state index in [4.69, 9.17) is 11.6 Å². The predicted molar refractivity (Wildman–Crippen MR) is 65.9 cm³/mol. The second kappa shape index (κ2) is 5.06. The lowest BCUT2D eigenvalue weighted by molar-refractivity contribution is -0.125. The van der Waals surface area contributed by atoms with Gasteiger partial charge in [-0.05, 0) is 24.1 Å². The minimum atomic E-state index is -0.655. The van der Waals surface area contributed by atoms with Crippen LogP contribution in [-0.2, 0) is 4.79 Å². The zero-order chi connectivity index (χ0) is 13.3. The number of carbonyl (C=O) groups is 2. The van der Waals surface area contributed by atoms with Crippen molar-refractivity contribution >= 4 is 23.4 Å². The molecular weight excluding hydrogens is 257 g/mol. The zero-order valence-electron chi connectivity index (χ0n) is 9.95. The number of halogens is 2. The molecule has 1 fully saturated rings. The van der Waals surface area contributed by atoms with Crippen molar-refractivity contribution in [2.24, 2.45) is 5.92 Å². The van der Waals surface area contributed by atoms with Gasteiger partial charge < -0.3 is 0 Å². The van der Waals surface area contributed by atoms with Crippen LogP contribution in [0.1, 0.15) is 30.1 Å². The van der Waals surface area contributed by atoms with E-state index in [1.54, 1.807) is 0 Å². The SMILES string of the molecule is CCC1CC(=O)N(C(=O)c2cc(Cl)ccc2F)C1. The summed E-state index contributed by atoms with van der Waals surface area (Å²) in [5.74, 6) is -1.33. The molecule has 1 heterocycles. The van der Waals surface area contributed by atoms with E-state index in [9.17, 15) is 14.0 Å². The summed E-state index contributed by atoms with van der Waals surface area (Å²) in [5.41, 5.74) is -0.146. The molecule has 0 N–H and O–H groups in total. The van der Waals surface area contributed by atoms with Gasteiger partial charge in [0.05, 0.1) is 5.56 Å². The molecule has 1 aromatic rings. The molecule has 2 rings (SSSR count). The number of hydrogen-bond donors (Lipinski definition) is 0. The molecule has 0 aliphatic carbocycles. The van der Waals surface area contributed by atoms with Gasteiger partial charge in [-0.3, -0.25) is 14.5 Å². The summed E-state index contributed by atoms with van der Waals surface area (Å²) >= 11 is 5.74. The number of imide groups is 1. The van der Waals surface area contributed by atoms with Crippen molar-refractivity contribution in [3.63, 3.8) is 0 Å². The summed E-state index contributed by atoms with van der Waals surface area (Å²) in [6.45, 7) is 2.33. The van der Waals surface area contributed by atoms with Crippen molar-refractivity contribution in [3.05, 3.63) is 34.6 Å². The monoisotopic (exact) mass is 269 g/mol. The number of hydrogen-bond acceptors (Lipinski definition) is 2. The Morgan fingerprint density at radius 3 is 2.89 bits per heavy atom. The fraction of sp³-hybridized carbons (Fsp3) is 0.385. The van der Waals surface area contributed by atoms with Crippen molar-refractivity contribution in [3.8, 4) is 0 Å². The normalized spacial score (nSPS) is 19.4. The quantitative estimate of drug-likeness (QED) is 0.774. The van der Waals surface area contributed by atoms with E-state index in [0.717, 1.165) is 17.4 Å². The number of rotatable bonds is 2. The van der Waals surface area contributed by atoms with Gasteiger partial charge in [0.2, 0.25) is 5.91 Å². The largest absolute Gasteiger partial charge is 0.278 e. The van der Waals surface area contributed by atoms with Crippen LogP contribution >= 0.6 is 11.6 Å². The Kier molecular flexibility index (Phi) is 3.66. The molecule has 0 aromatic heterocycles. The molecule has 1 saturated heterocycles. The van der Waals surface area contributed by atoms with Crippen molar-refractivity contribution in [1.29, 1.82) is 0 Å². The summed E-state index contributed by atoms with van der Waals surface area (Å²) < 4.78 is 13.6. The average Bonchev–Trinajstić information content (AvgIpc) is 2.73. The molecule has 3 nitrogen and oxygen atoms in total. The van der Waals surface area contributed by atoms with Gasteiger partial charge in [0.1, 0.15) is 5.82 Å². The Morgan fingerprint density at radius 2 is 2.28 bits per heavy atom. The highest BCUT2D eigenvalue weighted by molar-refractivity contribution is 6.31. The minimum absolute atomic E-state index is 0.146. The van der Waals surface area contributed by atoms with Crippen molar-refractivity contribution in [1.82, 2.24) is 4.90 Å². The van der Waals surface area contributed by atoms with Crippen LogP contribution in [0.4, 0.5) is 4.39 Å².